The van der Waals surface area contributed by atoms with Crippen LogP contribution in [0.2, 0.25) is 0 Å². The van der Waals surface area contributed by atoms with Crippen LogP contribution in [0.1, 0.15) is 37.2 Å². The predicted octanol–water partition coefficient (Wildman–Crippen LogP) is 1.90. The van der Waals surface area contributed by atoms with Crippen molar-refractivity contribution in [2.45, 2.75) is 42.9 Å². The zero-order valence-electron chi connectivity index (χ0n) is 12.5. The molecule has 0 amide bonds. The van der Waals surface area contributed by atoms with E-state index < -0.39 is 9.84 Å². The normalized spacial score (nSPS) is 28.9. The molecule has 2 N–H and O–H groups in total. The maximum atomic E-state index is 12.1. The molecule has 21 heavy (non-hydrogen) atoms. The summed E-state index contributed by atoms with van der Waals surface area (Å²) in [5, 5.41) is -0.220. The van der Waals surface area contributed by atoms with Crippen molar-refractivity contribution in [3.8, 4) is 0 Å². The SMILES string of the molecule is CS(=O)(=O)C1CCCC1N1CC(CCN)c2ccccc21. The molecule has 1 aliphatic heterocycles. The van der Waals surface area contributed by atoms with Crippen LogP contribution >= 0.6 is 0 Å². The highest BCUT2D eigenvalue weighted by Crippen LogP contribution is 2.42. The van der Waals surface area contributed by atoms with Crippen LogP contribution < -0.4 is 10.6 Å². The predicted molar refractivity (Wildman–Crippen MR) is 86.5 cm³/mol. The molecule has 3 atom stereocenters. The molecule has 1 saturated carbocycles. The van der Waals surface area contributed by atoms with Crippen molar-refractivity contribution in [2.75, 3.05) is 24.2 Å². The van der Waals surface area contributed by atoms with Crippen molar-refractivity contribution < 1.29 is 8.42 Å². The van der Waals surface area contributed by atoms with Gasteiger partial charge in [-0.25, -0.2) is 8.42 Å². The van der Waals surface area contributed by atoms with Gasteiger partial charge in [0.15, 0.2) is 9.84 Å². The topological polar surface area (TPSA) is 63.4 Å². The van der Waals surface area contributed by atoms with Gasteiger partial charge in [0.05, 0.1) is 5.25 Å². The first-order valence-electron chi connectivity index (χ1n) is 7.77. The number of nitrogens with two attached hydrogens (primary N) is 1. The molecule has 5 heteroatoms. The van der Waals surface area contributed by atoms with Gasteiger partial charge >= 0.3 is 0 Å². The molecule has 1 aromatic carbocycles. The van der Waals surface area contributed by atoms with Gasteiger partial charge in [-0.2, -0.15) is 0 Å². The van der Waals surface area contributed by atoms with Crippen LogP contribution in [0.25, 0.3) is 0 Å². The molecule has 3 unspecified atom stereocenters. The Morgan fingerprint density at radius 3 is 2.76 bits per heavy atom. The van der Waals surface area contributed by atoms with Crippen molar-refractivity contribution in [3.05, 3.63) is 29.8 Å². The quantitative estimate of drug-likeness (QED) is 0.923. The van der Waals surface area contributed by atoms with Crippen molar-refractivity contribution in [2.24, 2.45) is 5.73 Å². The largest absolute Gasteiger partial charge is 0.366 e. The molecule has 0 spiro atoms. The first-order valence-corrected chi connectivity index (χ1v) is 9.72. The van der Waals surface area contributed by atoms with E-state index in [-0.39, 0.29) is 11.3 Å². The van der Waals surface area contributed by atoms with Crippen LogP contribution in [0.4, 0.5) is 5.69 Å². The lowest BCUT2D eigenvalue weighted by molar-refractivity contribution is 0.546. The van der Waals surface area contributed by atoms with E-state index in [1.54, 1.807) is 0 Å². The number of rotatable bonds is 4. The summed E-state index contributed by atoms with van der Waals surface area (Å²) in [5.41, 5.74) is 8.30. The third-order valence-electron chi connectivity index (χ3n) is 4.99. The molecule has 0 aromatic heterocycles. The monoisotopic (exact) mass is 308 g/mol. The summed E-state index contributed by atoms with van der Waals surface area (Å²) in [4.78, 5) is 2.34. The van der Waals surface area contributed by atoms with E-state index in [4.69, 9.17) is 5.73 Å². The van der Waals surface area contributed by atoms with Gasteiger partial charge in [-0.05, 0) is 43.9 Å². The maximum absolute atomic E-state index is 12.1. The Morgan fingerprint density at radius 1 is 1.29 bits per heavy atom. The second-order valence-electron chi connectivity index (χ2n) is 6.35. The van der Waals surface area contributed by atoms with Gasteiger partial charge in [0.2, 0.25) is 0 Å². The molecule has 1 aromatic rings. The van der Waals surface area contributed by atoms with Gasteiger partial charge < -0.3 is 10.6 Å². The van der Waals surface area contributed by atoms with Crippen molar-refractivity contribution in [3.63, 3.8) is 0 Å². The van der Waals surface area contributed by atoms with Crippen LogP contribution in [0, 0.1) is 0 Å². The Kier molecular flexibility index (Phi) is 3.97. The van der Waals surface area contributed by atoms with Crippen molar-refractivity contribution in [1.29, 1.82) is 0 Å². The highest BCUT2D eigenvalue weighted by atomic mass is 32.2. The molecule has 0 saturated heterocycles. The number of nitrogens with zero attached hydrogens (tertiary/aromatic N) is 1. The van der Waals surface area contributed by atoms with Crippen LogP contribution in [-0.2, 0) is 9.84 Å². The first-order chi connectivity index (χ1) is 10.0. The third-order valence-corrected chi connectivity index (χ3v) is 6.64. The summed E-state index contributed by atoms with van der Waals surface area (Å²) in [6, 6.07) is 8.53. The zero-order valence-corrected chi connectivity index (χ0v) is 13.3. The first kappa shape index (κ1) is 14.9. The second-order valence-corrected chi connectivity index (χ2v) is 8.62. The van der Waals surface area contributed by atoms with E-state index in [1.165, 1.54) is 17.5 Å². The zero-order chi connectivity index (χ0) is 15.0. The minimum Gasteiger partial charge on any atom is -0.366 e. The van der Waals surface area contributed by atoms with E-state index in [0.29, 0.717) is 12.5 Å². The van der Waals surface area contributed by atoms with Crippen LogP contribution in [0.5, 0.6) is 0 Å². The third kappa shape index (κ3) is 2.69. The molecular formula is C16H24N2O2S. The van der Waals surface area contributed by atoms with E-state index in [1.807, 2.05) is 6.07 Å². The molecule has 1 aliphatic carbocycles. The smallest absolute Gasteiger partial charge is 0.152 e. The summed E-state index contributed by atoms with van der Waals surface area (Å²) in [7, 11) is -2.99. The number of para-hydroxylation sites is 1. The molecular weight excluding hydrogens is 284 g/mol. The molecule has 3 rings (SSSR count). The van der Waals surface area contributed by atoms with E-state index >= 15 is 0 Å². The van der Waals surface area contributed by atoms with E-state index in [0.717, 1.165) is 32.2 Å². The molecule has 116 valence electrons. The average molecular weight is 308 g/mol. The van der Waals surface area contributed by atoms with Crippen LogP contribution in [-0.4, -0.2) is 39.1 Å². The van der Waals surface area contributed by atoms with E-state index in [9.17, 15) is 8.42 Å². The fraction of sp³-hybridized carbons (Fsp3) is 0.625. The lowest BCUT2D eigenvalue weighted by Gasteiger charge is -2.31. The van der Waals surface area contributed by atoms with Crippen LogP contribution in [0.3, 0.4) is 0 Å². The number of benzene rings is 1. The average Bonchev–Trinajstić information content (AvgIpc) is 3.03. The Morgan fingerprint density at radius 2 is 2.05 bits per heavy atom. The number of hydrogen-bond acceptors (Lipinski definition) is 4. The molecule has 1 fully saturated rings. The Labute approximate surface area is 127 Å². The summed E-state index contributed by atoms with van der Waals surface area (Å²) >= 11 is 0. The number of fused-ring (bicyclic) bond motifs is 1. The van der Waals surface area contributed by atoms with Gasteiger partial charge in [0.1, 0.15) is 0 Å². The highest BCUT2D eigenvalue weighted by molar-refractivity contribution is 7.91. The molecule has 0 bridgehead atoms. The summed E-state index contributed by atoms with van der Waals surface area (Å²) in [5.74, 6) is 0.437. The lowest BCUT2D eigenvalue weighted by Crippen LogP contribution is -2.43. The molecule has 0 radical (unpaired) electrons. The number of anilines is 1. The second kappa shape index (κ2) is 5.61. The maximum Gasteiger partial charge on any atom is 0.152 e. The molecule has 4 nitrogen and oxygen atoms in total. The Balaban J connectivity index is 1.93. The standard InChI is InChI=1S/C16H24N2O2S/c1-21(19,20)16-8-4-7-15(16)18-11-12(9-10-17)13-5-2-3-6-14(13)18/h2-3,5-6,12,15-16H,4,7-11,17H2,1H3. The summed E-state index contributed by atoms with van der Waals surface area (Å²) < 4.78 is 24.1. The minimum atomic E-state index is -2.99. The lowest BCUT2D eigenvalue weighted by atomic mass is 9.98. The molecule has 1 heterocycles. The summed E-state index contributed by atoms with van der Waals surface area (Å²) in [6.45, 7) is 1.58. The van der Waals surface area contributed by atoms with Gasteiger partial charge in [-0.15, -0.1) is 0 Å². The fourth-order valence-corrected chi connectivity index (χ4v) is 5.50. The highest BCUT2D eigenvalue weighted by Gasteiger charge is 2.42. The minimum absolute atomic E-state index is 0.129. The van der Waals surface area contributed by atoms with Crippen LogP contribution in [0.15, 0.2) is 24.3 Å². The number of hydrogen-bond donors (Lipinski definition) is 1. The summed E-state index contributed by atoms with van der Waals surface area (Å²) in [6.07, 6.45) is 5.12. The van der Waals surface area contributed by atoms with Gasteiger partial charge in [-0.1, -0.05) is 18.2 Å². The Bertz CT molecular complexity index is 614. The Hall–Kier alpha value is -1.07. The van der Waals surface area contributed by atoms with E-state index in [2.05, 4.69) is 23.1 Å². The number of sulfone groups is 1. The van der Waals surface area contributed by atoms with Crippen molar-refractivity contribution in [1.82, 2.24) is 0 Å². The van der Waals surface area contributed by atoms with Crippen molar-refractivity contribution >= 4 is 15.5 Å². The van der Waals surface area contributed by atoms with Gasteiger partial charge in [-0.3, -0.25) is 0 Å². The van der Waals surface area contributed by atoms with Gasteiger partial charge in [0.25, 0.3) is 0 Å². The molecule has 2 aliphatic rings. The van der Waals surface area contributed by atoms with Gasteiger partial charge in [0, 0.05) is 30.4 Å². The fourth-order valence-electron chi connectivity index (χ4n) is 4.05.